The monoisotopic (exact) mass is 301 g/mol. The molecular weight excluding hydrogens is 285 g/mol. The molecule has 2 rings (SSSR count). The van der Waals surface area contributed by atoms with E-state index >= 15 is 0 Å². The summed E-state index contributed by atoms with van der Waals surface area (Å²) < 4.78 is 36.2. The Bertz CT molecular complexity index is 618. The zero-order chi connectivity index (χ0) is 14.8. The summed E-state index contributed by atoms with van der Waals surface area (Å²) in [6.45, 7) is 0. The van der Waals surface area contributed by atoms with Gasteiger partial charge in [-0.3, -0.25) is 4.79 Å². The van der Waals surface area contributed by atoms with E-state index in [1.807, 2.05) is 0 Å². The number of carbonyl (C=O) groups is 1. The van der Waals surface area contributed by atoms with E-state index in [-0.39, 0.29) is 22.9 Å². The standard InChI is InChI=1S/C12H16FN3O3S/c1-14-11-10(5-8(13)6-15-11)12(17)16-9-3-2-4-20(18,19)7-9/h5-6,9H,2-4,7H2,1H3,(H,14,15)(H,16,17). The Morgan fingerprint density at radius 2 is 2.25 bits per heavy atom. The second kappa shape index (κ2) is 5.74. The number of rotatable bonds is 3. The molecule has 0 radical (unpaired) electrons. The third-order valence-electron chi connectivity index (χ3n) is 3.13. The fraction of sp³-hybridized carbons (Fsp3) is 0.500. The average molecular weight is 301 g/mol. The van der Waals surface area contributed by atoms with E-state index in [1.165, 1.54) is 0 Å². The highest BCUT2D eigenvalue weighted by Crippen LogP contribution is 2.16. The zero-order valence-corrected chi connectivity index (χ0v) is 11.8. The molecule has 1 aliphatic rings. The third kappa shape index (κ3) is 3.44. The molecule has 0 bridgehead atoms. The number of hydrogen-bond acceptors (Lipinski definition) is 5. The number of hydrogen-bond donors (Lipinski definition) is 2. The molecule has 0 saturated carbocycles. The van der Waals surface area contributed by atoms with Crippen LogP contribution < -0.4 is 10.6 Å². The molecule has 1 unspecified atom stereocenters. The van der Waals surface area contributed by atoms with Gasteiger partial charge in [-0.2, -0.15) is 0 Å². The van der Waals surface area contributed by atoms with Crippen LogP contribution in [0.5, 0.6) is 0 Å². The maximum atomic E-state index is 13.2. The topological polar surface area (TPSA) is 88.2 Å². The summed E-state index contributed by atoms with van der Waals surface area (Å²) in [7, 11) is -1.53. The number of pyridine rings is 1. The van der Waals surface area contributed by atoms with Crippen LogP contribution in [0.1, 0.15) is 23.2 Å². The molecule has 20 heavy (non-hydrogen) atoms. The van der Waals surface area contributed by atoms with Crippen molar-refractivity contribution in [1.82, 2.24) is 10.3 Å². The molecule has 8 heteroatoms. The SMILES string of the molecule is CNc1ncc(F)cc1C(=O)NC1CCCS(=O)(=O)C1. The van der Waals surface area contributed by atoms with Crippen molar-refractivity contribution < 1.29 is 17.6 Å². The van der Waals surface area contributed by atoms with Gasteiger partial charge in [0.1, 0.15) is 11.6 Å². The van der Waals surface area contributed by atoms with Crippen molar-refractivity contribution in [2.24, 2.45) is 0 Å². The van der Waals surface area contributed by atoms with E-state index in [1.54, 1.807) is 7.05 Å². The Hall–Kier alpha value is -1.70. The molecule has 1 aliphatic heterocycles. The highest BCUT2D eigenvalue weighted by atomic mass is 32.2. The van der Waals surface area contributed by atoms with Gasteiger partial charge >= 0.3 is 0 Å². The van der Waals surface area contributed by atoms with Crippen molar-refractivity contribution in [1.29, 1.82) is 0 Å². The van der Waals surface area contributed by atoms with Gasteiger partial charge in [-0.25, -0.2) is 17.8 Å². The highest BCUT2D eigenvalue weighted by Gasteiger charge is 2.27. The predicted octanol–water partition coefficient (Wildman–Crippen LogP) is 0.569. The maximum Gasteiger partial charge on any atom is 0.255 e. The maximum absolute atomic E-state index is 13.2. The Morgan fingerprint density at radius 3 is 2.90 bits per heavy atom. The molecule has 0 spiro atoms. The number of aromatic nitrogens is 1. The lowest BCUT2D eigenvalue weighted by Crippen LogP contribution is -2.43. The normalized spacial score (nSPS) is 21.2. The highest BCUT2D eigenvalue weighted by molar-refractivity contribution is 7.91. The molecule has 0 aromatic carbocycles. The van der Waals surface area contributed by atoms with E-state index < -0.39 is 27.6 Å². The van der Waals surface area contributed by atoms with Crippen LogP contribution in [-0.4, -0.2) is 43.9 Å². The molecule has 1 aromatic rings. The van der Waals surface area contributed by atoms with E-state index in [4.69, 9.17) is 0 Å². The number of anilines is 1. The fourth-order valence-electron chi connectivity index (χ4n) is 2.21. The van der Waals surface area contributed by atoms with Crippen molar-refractivity contribution in [3.63, 3.8) is 0 Å². The molecule has 1 amide bonds. The summed E-state index contributed by atoms with van der Waals surface area (Å²) in [6.07, 6.45) is 2.13. The fourth-order valence-corrected chi connectivity index (χ4v) is 3.85. The molecule has 6 nitrogen and oxygen atoms in total. The molecule has 1 fully saturated rings. The Kier molecular flexibility index (Phi) is 4.22. The molecule has 2 N–H and O–H groups in total. The van der Waals surface area contributed by atoms with Crippen molar-refractivity contribution in [2.45, 2.75) is 18.9 Å². The van der Waals surface area contributed by atoms with E-state index in [0.29, 0.717) is 12.8 Å². The summed E-state index contributed by atoms with van der Waals surface area (Å²) in [6, 6.07) is 0.639. The molecule has 2 heterocycles. The van der Waals surface area contributed by atoms with Crippen LogP contribution in [0.3, 0.4) is 0 Å². The van der Waals surface area contributed by atoms with Gasteiger partial charge in [0.25, 0.3) is 5.91 Å². The first-order chi connectivity index (χ1) is 9.41. The smallest absolute Gasteiger partial charge is 0.255 e. The third-order valence-corrected chi connectivity index (χ3v) is 4.95. The number of nitrogens with one attached hydrogen (secondary N) is 2. The van der Waals surface area contributed by atoms with Crippen molar-refractivity contribution in [3.8, 4) is 0 Å². The van der Waals surface area contributed by atoms with Crippen LogP contribution in [0.2, 0.25) is 0 Å². The first-order valence-corrected chi connectivity index (χ1v) is 8.08. The van der Waals surface area contributed by atoms with Gasteiger partial charge in [-0.05, 0) is 18.9 Å². The minimum absolute atomic E-state index is 0.0653. The van der Waals surface area contributed by atoms with Gasteiger partial charge in [-0.1, -0.05) is 0 Å². The number of halogens is 1. The zero-order valence-electron chi connectivity index (χ0n) is 11.0. The first-order valence-electron chi connectivity index (χ1n) is 6.26. The molecule has 1 saturated heterocycles. The molecule has 1 aromatic heterocycles. The average Bonchev–Trinajstić information content (AvgIpc) is 2.37. The summed E-state index contributed by atoms with van der Waals surface area (Å²) in [5.41, 5.74) is 0.0653. The molecular formula is C12H16FN3O3S. The van der Waals surface area contributed by atoms with Crippen LogP contribution >= 0.6 is 0 Å². The quantitative estimate of drug-likeness (QED) is 0.852. The van der Waals surface area contributed by atoms with Crippen LogP contribution in [0.25, 0.3) is 0 Å². The van der Waals surface area contributed by atoms with Crippen molar-refractivity contribution in [3.05, 3.63) is 23.6 Å². The van der Waals surface area contributed by atoms with Crippen molar-refractivity contribution in [2.75, 3.05) is 23.9 Å². The summed E-state index contributed by atoms with van der Waals surface area (Å²) in [5, 5.41) is 5.33. The summed E-state index contributed by atoms with van der Waals surface area (Å²) in [4.78, 5) is 15.9. The van der Waals surface area contributed by atoms with E-state index in [2.05, 4.69) is 15.6 Å². The van der Waals surface area contributed by atoms with Gasteiger partial charge in [0.15, 0.2) is 9.84 Å². The van der Waals surface area contributed by atoms with Gasteiger partial charge in [0.05, 0.1) is 23.3 Å². The predicted molar refractivity (Wildman–Crippen MR) is 72.9 cm³/mol. The van der Waals surface area contributed by atoms with Gasteiger partial charge in [0.2, 0.25) is 0 Å². The van der Waals surface area contributed by atoms with E-state index in [9.17, 15) is 17.6 Å². The number of amides is 1. The van der Waals surface area contributed by atoms with Crippen LogP contribution in [0, 0.1) is 5.82 Å². The lowest BCUT2D eigenvalue weighted by atomic mass is 10.1. The van der Waals surface area contributed by atoms with Crippen LogP contribution in [0.4, 0.5) is 10.2 Å². The largest absolute Gasteiger partial charge is 0.372 e. The van der Waals surface area contributed by atoms with Gasteiger partial charge < -0.3 is 10.6 Å². The Morgan fingerprint density at radius 1 is 1.50 bits per heavy atom. The van der Waals surface area contributed by atoms with E-state index in [0.717, 1.165) is 12.3 Å². The Balaban J connectivity index is 2.14. The minimum Gasteiger partial charge on any atom is -0.372 e. The lowest BCUT2D eigenvalue weighted by molar-refractivity contribution is 0.0938. The molecule has 110 valence electrons. The number of nitrogens with zero attached hydrogens (tertiary/aromatic N) is 1. The van der Waals surface area contributed by atoms with Crippen LogP contribution in [0.15, 0.2) is 12.3 Å². The summed E-state index contributed by atoms with van der Waals surface area (Å²) >= 11 is 0. The summed E-state index contributed by atoms with van der Waals surface area (Å²) in [5.74, 6) is -0.810. The van der Waals surface area contributed by atoms with Crippen molar-refractivity contribution >= 4 is 21.6 Å². The van der Waals surface area contributed by atoms with Crippen LogP contribution in [-0.2, 0) is 9.84 Å². The number of sulfone groups is 1. The number of carbonyl (C=O) groups excluding carboxylic acids is 1. The molecule has 0 aliphatic carbocycles. The second-order valence-electron chi connectivity index (χ2n) is 4.73. The van der Waals surface area contributed by atoms with Gasteiger partial charge in [-0.15, -0.1) is 0 Å². The van der Waals surface area contributed by atoms with Gasteiger partial charge in [0, 0.05) is 13.1 Å². The second-order valence-corrected chi connectivity index (χ2v) is 6.96. The minimum atomic E-state index is -3.10. The Labute approximate surface area is 116 Å². The molecule has 1 atom stereocenters. The first kappa shape index (κ1) is 14.7. The lowest BCUT2D eigenvalue weighted by Gasteiger charge is -2.23.